The summed E-state index contributed by atoms with van der Waals surface area (Å²) in [6.07, 6.45) is 0.471. The molecule has 130 valence electrons. The molecule has 25 heavy (non-hydrogen) atoms. The summed E-state index contributed by atoms with van der Waals surface area (Å²) in [5, 5.41) is 6.57. The Labute approximate surface area is 155 Å². The molecule has 2 amide bonds. The number of hydrogen-bond donors (Lipinski definition) is 2. The number of cyclic esters (lactones) is 1. The molecule has 7 heteroatoms. The summed E-state index contributed by atoms with van der Waals surface area (Å²) in [6, 6.07) is 12.5. The molecular weight excluding hydrogens is 363 g/mol. The molecule has 3 rings (SSSR count). The first kappa shape index (κ1) is 17.6. The van der Waals surface area contributed by atoms with Gasteiger partial charge >= 0.3 is 6.09 Å². The van der Waals surface area contributed by atoms with E-state index in [-0.39, 0.29) is 24.5 Å². The number of halogens is 2. The fourth-order valence-corrected chi connectivity index (χ4v) is 3.06. The van der Waals surface area contributed by atoms with E-state index in [0.29, 0.717) is 28.8 Å². The van der Waals surface area contributed by atoms with Crippen LogP contribution in [0.15, 0.2) is 42.5 Å². The monoisotopic (exact) mass is 378 g/mol. The van der Waals surface area contributed by atoms with Gasteiger partial charge in [-0.1, -0.05) is 41.4 Å². The van der Waals surface area contributed by atoms with Crippen LogP contribution in [0.25, 0.3) is 0 Å². The molecule has 0 saturated carbocycles. The van der Waals surface area contributed by atoms with Crippen molar-refractivity contribution in [1.82, 2.24) is 5.32 Å². The van der Waals surface area contributed by atoms with E-state index >= 15 is 0 Å². The molecule has 1 saturated heterocycles. The quantitative estimate of drug-likeness (QED) is 0.830. The summed E-state index contributed by atoms with van der Waals surface area (Å²) in [4.78, 5) is 23.2. The minimum Gasteiger partial charge on any atom is -0.447 e. The molecule has 2 aromatic carbocycles. The Hall–Kier alpha value is -2.24. The third-order valence-electron chi connectivity index (χ3n) is 3.82. The Kier molecular flexibility index (Phi) is 5.46. The summed E-state index contributed by atoms with van der Waals surface area (Å²) in [7, 11) is 0. The Morgan fingerprint density at radius 3 is 2.60 bits per heavy atom. The summed E-state index contributed by atoms with van der Waals surface area (Å²) < 4.78 is 4.86. The molecule has 2 aromatic rings. The molecule has 1 fully saturated rings. The number of anilines is 1. The van der Waals surface area contributed by atoms with Gasteiger partial charge in [0.15, 0.2) is 0 Å². The van der Waals surface area contributed by atoms with Crippen LogP contribution in [0.3, 0.4) is 0 Å². The zero-order chi connectivity index (χ0) is 17.8. The second-order valence-corrected chi connectivity index (χ2v) is 6.65. The van der Waals surface area contributed by atoms with E-state index in [9.17, 15) is 9.59 Å². The number of amides is 2. The molecule has 5 nitrogen and oxygen atoms in total. The van der Waals surface area contributed by atoms with Crippen LogP contribution < -0.4 is 10.6 Å². The molecule has 0 aliphatic carbocycles. The van der Waals surface area contributed by atoms with Gasteiger partial charge in [-0.15, -0.1) is 0 Å². The number of carbonyl (C=O) groups excluding carboxylic acids is 2. The van der Waals surface area contributed by atoms with E-state index in [1.165, 1.54) is 0 Å². The number of benzene rings is 2. The smallest absolute Gasteiger partial charge is 0.407 e. The topological polar surface area (TPSA) is 67.4 Å². The minimum absolute atomic E-state index is 0.0139. The Morgan fingerprint density at radius 1 is 1.20 bits per heavy atom. The number of carbonyl (C=O) groups is 2. The van der Waals surface area contributed by atoms with Gasteiger partial charge in [0.2, 0.25) is 5.91 Å². The largest absolute Gasteiger partial charge is 0.447 e. The molecule has 2 N–H and O–H groups in total. The maximum absolute atomic E-state index is 12.2. The van der Waals surface area contributed by atoms with Crippen molar-refractivity contribution in [3.05, 3.63) is 63.6 Å². The van der Waals surface area contributed by atoms with E-state index in [2.05, 4.69) is 10.6 Å². The lowest BCUT2D eigenvalue weighted by atomic mass is 10.1. The zero-order valence-corrected chi connectivity index (χ0v) is 14.7. The SMILES string of the molecule is O=C(Cc1ccc(Cl)cc1Cl)Nc1ccc(C[C@H]2COC(=O)N2)cc1. The summed E-state index contributed by atoms with van der Waals surface area (Å²) >= 11 is 11.9. The molecule has 0 spiro atoms. The van der Waals surface area contributed by atoms with Crippen molar-refractivity contribution in [1.29, 1.82) is 0 Å². The predicted octanol–water partition coefficient (Wildman–Crippen LogP) is 3.83. The summed E-state index contributed by atoms with van der Waals surface area (Å²) in [5.41, 5.74) is 2.47. The molecule has 0 bridgehead atoms. The standard InChI is InChI=1S/C18H16Cl2N2O3/c19-13-4-3-12(16(20)9-13)8-17(23)21-14-5-1-11(2-6-14)7-15-10-25-18(24)22-15/h1-6,9,15H,7-8,10H2,(H,21,23)(H,22,24)/t15-/m0/s1. The van der Waals surface area contributed by atoms with Crippen LogP contribution in [-0.2, 0) is 22.4 Å². The highest BCUT2D eigenvalue weighted by Gasteiger charge is 2.22. The fourth-order valence-electron chi connectivity index (χ4n) is 2.59. The first-order valence-electron chi connectivity index (χ1n) is 7.75. The maximum atomic E-state index is 12.2. The molecular formula is C18H16Cl2N2O3. The second kappa shape index (κ2) is 7.76. The first-order chi connectivity index (χ1) is 12.0. The predicted molar refractivity (Wildman–Crippen MR) is 97.2 cm³/mol. The van der Waals surface area contributed by atoms with Crippen LogP contribution in [0.1, 0.15) is 11.1 Å². The van der Waals surface area contributed by atoms with Gasteiger partial charge in [-0.2, -0.15) is 0 Å². The fraction of sp³-hybridized carbons (Fsp3) is 0.222. The number of hydrogen-bond acceptors (Lipinski definition) is 3. The number of rotatable bonds is 5. The van der Waals surface area contributed by atoms with E-state index in [1.54, 1.807) is 18.2 Å². The van der Waals surface area contributed by atoms with Crippen LogP contribution in [0.5, 0.6) is 0 Å². The third kappa shape index (κ3) is 4.87. The van der Waals surface area contributed by atoms with Gasteiger partial charge in [0.1, 0.15) is 6.61 Å². The Balaban J connectivity index is 1.55. The van der Waals surface area contributed by atoms with Gasteiger partial charge in [0, 0.05) is 15.7 Å². The molecule has 0 aromatic heterocycles. The zero-order valence-electron chi connectivity index (χ0n) is 13.2. The molecule has 1 heterocycles. The van der Waals surface area contributed by atoms with Gasteiger partial charge in [-0.05, 0) is 41.8 Å². The highest BCUT2D eigenvalue weighted by atomic mass is 35.5. The average Bonchev–Trinajstić information content (AvgIpc) is 2.97. The molecule has 1 aliphatic heterocycles. The highest BCUT2D eigenvalue weighted by Crippen LogP contribution is 2.22. The first-order valence-corrected chi connectivity index (χ1v) is 8.51. The summed E-state index contributed by atoms with van der Waals surface area (Å²) in [6.45, 7) is 0.374. The number of alkyl carbamates (subject to hydrolysis) is 1. The second-order valence-electron chi connectivity index (χ2n) is 5.80. The van der Waals surface area contributed by atoms with Crippen molar-refractivity contribution in [3.8, 4) is 0 Å². The van der Waals surface area contributed by atoms with Crippen LogP contribution >= 0.6 is 23.2 Å². The van der Waals surface area contributed by atoms with Crippen molar-refractivity contribution in [3.63, 3.8) is 0 Å². The molecule has 0 radical (unpaired) electrons. The lowest BCUT2D eigenvalue weighted by molar-refractivity contribution is -0.115. The van der Waals surface area contributed by atoms with Crippen LogP contribution in [-0.4, -0.2) is 24.6 Å². The number of ether oxygens (including phenoxy) is 1. The van der Waals surface area contributed by atoms with Crippen molar-refractivity contribution in [2.24, 2.45) is 0 Å². The van der Waals surface area contributed by atoms with E-state index in [1.807, 2.05) is 24.3 Å². The highest BCUT2D eigenvalue weighted by molar-refractivity contribution is 6.35. The van der Waals surface area contributed by atoms with Gasteiger partial charge in [-0.3, -0.25) is 4.79 Å². The normalized spacial score (nSPS) is 16.2. The van der Waals surface area contributed by atoms with Gasteiger partial charge in [0.05, 0.1) is 12.5 Å². The summed E-state index contributed by atoms with van der Waals surface area (Å²) in [5.74, 6) is -0.159. The van der Waals surface area contributed by atoms with Gasteiger partial charge in [-0.25, -0.2) is 4.79 Å². The van der Waals surface area contributed by atoms with Crippen LogP contribution in [0.4, 0.5) is 10.5 Å². The Bertz CT molecular complexity index is 793. The van der Waals surface area contributed by atoms with E-state index in [0.717, 1.165) is 11.1 Å². The van der Waals surface area contributed by atoms with Crippen LogP contribution in [0, 0.1) is 0 Å². The Morgan fingerprint density at radius 2 is 1.96 bits per heavy atom. The van der Waals surface area contributed by atoms with Crippen LogP contribution in [0.2, 0.25) is 10.0 Å². The molecule has 1 aliphatic rings. The maximum Gasteiger partial charge on any atom is 0.407 e. The van der Waals surface area contributed by atoms with E-state index in [4.69, 9.17) is 27.9 Å². The van der Waals surface area contributed by atoms with Crippen molar-refractivity contribution >= 4 is 40.9 Å². The van der Waals surface area contributed by atoms with Crippen molar-refractivity contribution in [2.45, 2.75) is 18.9 Å². The van der Waals surface area contributed by atoms with Gasteiger partial charge in [0.25, 0.3) is 0 Å². The average molecular weight is 379 g/mol. The van der Waals surface area contributed by atoms with Crippen molar-refractivity contribution < 1.29 is 14.3 Å². The van der Waals surface area contributed by atoms with E-state index < -0.39 is 0 Å². The van der Waals surface area contributed by atoms with Gasteiger partial charge < -0.3 is 15.4 Å². The minimum atomic E-state index is -0.380. The molecule has 1 atom stereocenters. The third-order valence-corrected chi connectivity index (χ3v) is 4.41. The molecule has 0 unspecified atom stereocenters. The lowest BCUT2D eigenvalue weighted by Crippen LogP contribution is -2.28. The number of nitrogens with one attached hydrogen (secondary N) is 2. The van der Waals surface area contributed by atoms with Crippen molar-refractivity contribution in [2.75, 3.05) is 11.9 Å². The lowest BCUT2D eigenvalue weighted by Gasteiger charge is -2.10.